The number of carbonyl (C=O) groups is 2. The summed E-state index contributed by atoms with van der Waals surface area (Å²) in [7, 11) is 2.45. The summed E-state index contributed by atoms with van der Waals surface area (Å²) >= 11 is 23.2. The molecule has 144 valence electrons. The van der Waals surface area contributed by atoms with Crippen molar-refractivity contribution < 1.29 is 14.3 Å². The van der Waals surface area contributed by atoms with Gasteiger partial charge in [-0.15, -0.1) is 0 Å². The van der Waals surface area contributed by atoms with Gasteiger partial charge in [-0.25, -0.2) is 14.6 Å². The van der Waals surface area contributed by atoms with Crippen molar-refractivity contribution in [3.63, 3.8) is 0 Å². The number of carbonyl (C=O) groups excluding carboxylic acids is 2. The third-order valence-electron chi connectivity index (χ3n) is 3.50. The number of hydrogen-bond donors (Lipinski definition) is 1. The quantitative estimate of drug-likeness (QED) is 0.422. The van der Waals surface area contributed by atoms with E-state index in [0.717, 1.165) is 4.57 Å². The molecule has 0 unspecified atom stereocenters. The van der Waals surface area contributed by atoms with Crippen LogP contribution in [0.4, 0.5) is 5.82 Å². The van der Waals surface area contributed by atoms with Gasteiger partial charge < -0.3 is 10.5 Å². The van der Waals surface area contributed by atoms with E-state index < -0.39 is 40.9 Å². The monoisotopic (exact) mass is 454 g/mol. The highest BCUT2D eigenvalue weighted by atomic mass is 35.5. The Bertz CT molecular complexity index is 1090. The molecule has 0 radical (unpaired) electrons. The van der Waals surface area contributed by atoms with E-state index in [4.69, 9.17) is 56.9 Å². The maximum absolute atomic E-state index is 12.3. The number of nitrogens with zero attached hydrogens (tertiary/aromatic N) is 3. The number of nitrogen functional groups attached to an aromatic ring is 1. The highest BCUT2D eigenvalue weighted by Gasteiger charge is 2.25. The predicted molar refractivity (Wildman–Crippen MR) is 100 cm³/mol. The van der Waals surface area contributed by atoms with Crippen LogP contribution in [0.3, 0.4) is 0 Å². The summed E-state index contributed by atoms with van der Waals surface area (Å²) in [4.78, 5) is 52.0. The maximum atomic E-state index is 12.3. The van der Waals surface area contributed by atoms with Crippen LogP contribution in [-0.2, 0) is 18.8 Å². The minimum Gasteiger partial charge on any atom is -0.453 e. The molecule has 0 fully saturated rings. The van der Waals surface area contributed by atoms with E-state index in [1.54, 1.807) is 0 Å². The van der Waals surface area contributed by atoms with Crippen LogP contribution < -0.4 is 17.0 Å². The minimum atomic E-state index is -1.13. The molecule has 2 rings (SSSR count). The first kappa shape index (κ1) is 21.2. The van der Waals surface area contributed by atoms with E-state index in [2.05, 4.69) is 4.98 Å². The molecule has 9 nitrogen and oxygen atoms in total. The maximum Gasteiger partial charge on any atom is 0.359 e. The summed E-state index contributed by atoms with van der Waals surface area (Å²) in [5.41, 5.74) is 3.05. The number of rotatable bonds is 4. The molecule has 0 aliphatic heterocycles. The molecule has 0 saturated carbocycles. The largest absolute Gasteiger partial charge is 0.453 e. The topological polar surface area (TPSA) is 126 Å². The molecule has 0 bridgehead atoms. The molecule has 2 aromatic heterocycles. The van der Waals surface area contributed by atoms with Gasteiger partial charge in [0, 0.05) is 14.1 Å². The Morgan fingerprint density at radius 3 is 2.22 bits per heavy atom. The SMILES string of the molecule is Cn1c(N)c(C(=O)COC(=O)c2nc(Cl)c(Cl)c(Cl)c2Cl)c(=O)n(C)c1=O. The molecule has 0 spiro atoms. The van der Waals surface area contributed by atoms with Gasteiger partial charge in [-0.05, 0) is 0 Å². The smallest absolute Gasteiger partial charge is 0.359 e. The molecule has 13 heteroatoms. The van der Waals surface area contributed by atoms with Crippen LogP contribution in [0.1, 0.15) is 20.8 Å². The number of Topliss-reactive ketones (excluding diaryl/α,β-unsaturated/α-hetero) is 1. The summed E-state index contributed by atoms with van der Waals surface area (Å²) in [5, 5.41) is -0.980. The Morgan fingerprint density at radius 2 is 1.63 bits per heavy atom. The lowest BCUT2D eigenvalue weighted by atomic mass is 10.2. The fourth-order valence-corrected chi connectivity index (χ4v) is 2.82. The Kier molecular flexibility index (Phi) is 6.21. The van der Waals surface area contributed by atoms with Crippen molar-refractivity contribution >= 4 is 64.0 Å². The van der Waals surface area contributed by atoms with Gasteiger partial charge >= 0.3 is 11.7 Å². The predicted octanol–water partition coefficient (Wildman–Crippen LogP) is 1.71. The van der Waals surface area contributed by atoms with Crippen LogP contribution in [-0.4, -0.2) is 32.5 Å². The van der Waals surface area contributed by atoms with Crippen LogP contribution in [0.25, 0.3) is 0 Å². The number of halogens is 4. The number of aromatic nitrogens is 3. The van der Waals surface area contributed by atoms with E-state index in [9.17, 15) is 19.2 Å². The zero-order valence-electron chi connectivity index (χ0n) is 13.7. The van der Waals surface area contributed by atoms with E-state index in [0.29, 0.717) is 4.57 Å². The first-order chi connectivity index (χ1) is 12.5. The Balaban J connectivity index is 2.31. The summed E-state index contributed by atoms with van der Waals surface area (Å²) in [6.07, 6.45) is 0. The van der Waals surface area contributed by atoms with Crippen LogP contribution >= 0.6 is 46.4 Å². The van der Waals surface area contributed by atoms with Crippen molar-refractivity contribution in [1.82, 2.24) is 14.1 Å². The van der Waals surface area contributed by atoms with E-state index >= 15 is 0 Å². The van der Waals surface area contributed by atoms with Gasteiger partial charge in [0.05, 0.1) is 15.1 Å². The molecule has 0 aliphatic rings. The van der Waals surface area contributed by atoms with Crippen molar-refractivity contribution in [2.45, 2.75) is 0 Å². The molecule has 0 atom stereocenters. The second-order valence-electron chi connectivity index (χ2n) is 5.16. The van der Waals surface area contributed by atoms with E-state index in [1.165, 1.54) is 14.1 Å². The summed E-state index contributed by atoms with van der Waals surface area (Å²) in [6, 6.07) is 0. The number of ether oxygens (including phenoxy) is 1. The zero-order chi connectivity index (χ0) is 20.6. The Labute approximate surface area is 171 Å². The normalized spacial score (nSPS) is 10.7. The van der Waals surface area contributed by atoms with Gasteiger partial charge in [-0.1, -0.05) is 46.4 Å². The average Bonchev–Trinajstić information content (AvgIpc) is 2.64. The molecule has 0 aromatic carbocycles. The fourth-order valence-electron chi connectivity index (χ4n) is 2.02. The van der Waals surface area contributed by atoms with Crippen molar-refractivity contribution in [2.24, 2.45) is 14.1 Å². The van der Waals surface area contributed by atoms with Crippen LogP contribution in [0.15, 0.2) is 9.59 Å². The van der Waals surface area contributed by atoms with Gasteiger partial charge in [0.2, 0.25) is 5.78 Å². The second-order valence-corrected chi connectivity index (χ2v) is 6.65. The molecular weight excluding hydrogens is 446 g/mol. The Morgan fingerprint density at radius 1 is 1.04 bits per heavy atom. The number of pyridine rings is 1. The standard InChI is InChI=1S/C14H10Cl4N4O5/c1-21-11(19)5(12(24)22(2)14(21)26)4(23)3-27-13(25)9-7(16)6(15)8(17)10(18)20-9/h3,19H2,1-2H3. The number of ketones is 1. The molecule has 0 saturated heterocycles. The van der Waals surface area contributed by atoms with Crippen LogP contribution in [0, 0.1) is 0 Å². The third kappa shape index (κ3) is 3.81. The number of esters is 1. The first-order valence-corrected chi connectivity index (χ1v) is 8.46. The van der Waals surface area contributed by atoms with Gasteiger partial charge in [0.25, 0.3) is 5.56 Å². The third-order valence-corrected chi connectivity index (χ3v) is 5.18. The van der Waals surface area contributed by atoms with Crippen LogP contribution in [0.2, 0.25) is 20.2 Å². The van der Waals surface area contributed by atoms with Crippen molar-refractivity contribution in [1.29, 1.82) is 0 Å². The number of anilines is 1. The van der Waals surface area contributed by atoms with Gasteiger partial charge in [0.1, 0.15) is 16.5 Å². The molecule has 0 amide bonds. The summed E-state index contributed by atoms with van der Waals surface area (Å²) in [6.45, 7) is -0.869. The number of nitrogens with two attached hydrogens (primary N) is 1. The zero-order valence-corrected chi connectivity index (χ0v) is 16.7. The minimum absolute atomic E-state index is 0.155. The van der Waals surface area contributed by atoms with E-state index in [-0.39, 0.29) is 26.0 Å². The molecule has 2 aromatic rings. The van der Waals surface area contributed by atoms with Gasteiger partial charge in [0.15, 0.2) is 12.3 Å². The van der Waals surface area contributed by atoms with Crippen molar-refractivity contribution in [3.8, 4) is 0 Å². The summed E-state index contributed by atoms with van der Waals surface area (Å²) < 4.78 is 6.42. The highest BCUT2D eigenvalue weighted by molar-refractivity contribution is 6.52. The van der Waals surface area contributed by atoms with Crippen molar-refractivity contribution in [3.05, 3.63) is 52.3 Å². The molecule has 0 aliphatic carbocycles. The summed E-state index contributed by atoms with van der Waals surface area (Å²) in [5.74, 6) is -2.42. The highest BCUT2D eigenvalue weighted by Crippen LogP contribution is 2.36. The molecular formula is C14H10Cl4N4O5. The lowest BCUT2D eigenvalue weighted by Gasteiger charge is -2.11. The van der Waals surface area contributed by atoms with Gasteiger partial charge in [-0.2, -0.15) is 0 Å². The molecule has 2 heterocycles. The first-order valence-electron chi connectivity index (χ1n) is 6.94. The molecule has 27 heavy (non-hydrogen) atoms. The lowest BCUT2D eigenvalue weighted by molar-refractivity contribution is 0.0468. The number of hydrogen-bond acceptors (Lipinski definition) is 7. The van der Waals surface area contributed by atoms with E-state index in [1.807, 2.05) is 0 Å². The van der Waals surface area contributed by atoms with Gasteiger partial charge in [-0.3, -0.25) is 18.7 Å². The lowest BCUT2D eigenvalue weighted by Crippen LogP contribution is -2.42. The average molecular weight is 456 g/mol. The van der Waals surface area contributed by atoms with Crippen LogP contribution in [0.5, 0.6) is 0 Å². The Hall–Kier alpha value is -2.07. The second kappa shape index (κ2) is 7.89. The fraction of sp³-hybridized carbons (Fsp3) is 0.214. The molecule has 2 N–H and O–H groups in total. The van der Waals surface area contributed by atoms with Crippen molar-refractivity contribution in [2.75, 3.05) is 12.3 Å².